The van der Waals surface area contributed by atoms with E-state index in [4.69, 9.17) is 0 Å². The van der Waals surface area contributed by atoms with Gasteiger partial charge in [0, 0.05) is 24.3 Å². The Hall–Kier alpha value is -2.31. The van der Waals surface area contributed by atoms with Gasteiger partial charge < -0.3 is 10.6 Å². The van der Waals surface area contributed by atoms with E-state index in [9.17, 15) is 4.79 Å². The van der Waals surface area contributed by atoms with Crippen molar-refractivity contribution in [1.29, 1.82) is 0 Å². The molecule has 2 amide bonds. The molecule has 0 radical (unpaired) electrons. The summed E-state index contributed by atoms with van der Waals surface area (Å²) < 4.78 is 3.78. The number of carbonyl (C=O) groups excluding carboxylic acids is 1. The first-order valence-electron chi connectivity index (χ1n) is 8.52. The fraction of sp³-hybridized carbons (Fsp3) is 0.588. The Balaban J connectivity index is 2.09. The van der Waals surface area contributed by atoms with Crippen molar-refractivity contribution in [2.24, 2.45) is 0 Å². The molecule has 1 atom stereocenters. The van der Waals surface area contributed by atoms with Gasteiger partial charge in [0.1, 0.15) is 0 Å². The Labute approximate surface area is 143 Å². The summed E-state index contributed by atoms with van der Waals surface area (Å²) in [6.45, 7) is 12.9. The molecule has 0 bridgehead atoms. The van der Waals surface area contributed by atoms with Crippen molar-refractivity contribution in [1.82, 2.24) is 24.9 Å². The predicted octanol–water partition coefficient (Wildman–Crippen LogP) is 3.57. The van der Waals surface area contributed by atoms with Crippen molar-refractivity contribution in [3.05, 3.63) is 29.3 Å². The van der Waals surface area contributed by atoms with E-state index in [-0.39, 0.29) is 18.1 Å². The van der Waals surface area contributed by atoms with Crippen molar-refractivity contribution in [2.75, 3.05) is 5.32 Å². The number of aryl methyl sites for hydroxylation is 2. The zero-order valence-electron chi connectivity index (χ0n) is 15.4. The van der Waals surface area contributed by atoms with Gasteiger partial charge in [-0.1, -0.05) is 6.92 Å². The number of aromatic nitrogens is 4. The van der Waals surface area contributed by atoms with Gasteiger partial charge in [-0.2, -0.15) is 10.2 Å². The first kappa shape index (κ1) is 18.0. The highest BCUT2D eigenvalue weighted by atomic mass is 16.2. The molecular weight excluding hydrogens is 304 g/mol. The van der Waals surface area contributed by atoms with Crippen molar-refractivity contribution < 1.29 is 4.79 Å². The summed E-state index contributed by atoms with van der Waals surface area (Å²) in [7, 11) is 0. The third-order valence-corrected chi connectivity index (χ3v) is 4.15. The van der Waals surface area contributed by atoms with Gasteiger partial charge in [-0.25, -0.2) is 4.79 Å². The molecule has 0 aliphatic heterocycles. The normalized spacial score (nSPS) is 12.5. The molecule has 132 valence electrons. The van der Waals surface area contributed by atoms with E-state index in [2.05, 4.69) is 34.7 Å². The van der Waals surface area contributed by atoms with Gasteiger partial charge in [0.25, 0.3) is 0 Å². The number of carbonyl (C=O) groups is 1. The first-order valence-corrected chi connectivity index (χ1v) is 8.52. The monoisotopic (exact) mass is 332 g/mol. The van der Waals surface area contributed by atoms with Crippen molar-refractivity contribution >= 4 is 11.7 Å². The lowest BCUT2D eigenvalue weighted by Gasteiger charge is -2.16. The van der Waals surface area contributed by atoms with Crippen LogP contribution in [-0.2, 0) is 6.54 Å². The number of amides is 2. The highest BCUT2D eigenvalue weighted by molar-refractivity contribution is 5.90. The smallest absolute Gasteiger partial charge is 0.319 e. The Morgan fingerprint density at radius 3 is 2.50 bits per heavy atom. The molecule has 7 heteroatoms. The average Bonchev–Trinajstić information content (AvgIpc) is 3.12. The van der Waals surface area contributed by atoms with Crippen molar-refractivity contribution in [3.8, 4) is 0 Å². The van der Waals surface area contributed by atoms with Gasteiger partial charge >= 0.3 is 6.03 Å². The van der Waals surface area contributed by atoms with E-state index in [1.165, 1.54) is 0 Å². The van der Waals surface area contributed by atoms with Crippen LogP contribution in [0.3, 0.4) is 0 Å². The summed E-state index contributed by atoms with van der Waals surface area (Å²) in [5, 5.41) is 14.7. The molecule has 2 heterocycles. The van der Waals surface area contributed by atoms with Crippen LogP contribution in [0.2, 0.25) is 0 Å². The number of rotatable bonds is 6. The first-order chi connectivity index (χ1) is 11.4. The number of nitrogens with one attached hydrogen (secondary N) is 2. The quantitative estimate of drug-likeness (QED) is 0.849. The molecular formula is C17H28N6O. The Morgan fingerprint density at radius 1 is 1.29 bits per heavy atom. The second-order valence-corrected chi connectivity index (χ2v) is 6.27. The number of anilines is 1. The minimum atomic E-state index is -0.222. The zero-order valence-corrected chi connectivity index (χ0v) is 15.4. The maximum absolute atomic E-state index is 12.4. The predicted molar refractivity (Wildman–Crippen MR) is 95.2 cm³/mol. The summed E-state index contributed by atoms with van der Waals surface area (Å²) in [6.07, 6.45) is 4.58. The van der Waals surface area contributed by atoms with Gasteiger partial charge in [-0.05, 0) is 41.0 Å². The molecule has 0 spiro atoms. The molecule has 0 aromatic carbocycles. The van der Waals surface area contributed by atoms with Crippen LogP contribution in [0.25, 0.3) is 0 Å². The molecule has 2 aromatic heterocycles. The highest BCUT2D eigenvalue weighted by Crippen LogP contribution is 2.23. The average molecular weight is 332 g/mol. The van der Waals surface area contributed by atoms with Crippen LogP contribution in [0.4, 0.5) is 10.5 Å². The third kappa shape index (κ3) is 3.77. The number of nitrogens with zero attached hydrogens (tertiary/aromatic N) is 4. The van der Waals surface area contributed by atoms with E-state index in [1.807, 2.05) is 49.5 Å². The molecule has 2 rings (SSSR count). The molecule has 0 aliphatic carbocycles. The molecule has 2 N–H and O–H groups in total. The van der Waals surface area contributed by atoms with Crippen LogP contribution < -0.4 is 10.6 Å². The largest absolute Gasteiger partial charge is 0.331 e. The Kier molecular flexibility index (Phi) is 5.64. The maximum Gasteiger partial charge on any atom is 0.319 e. The molecule has 1 unspecified atom stereocenters. The van der Waals surface area contributed by atoms with Gasteiger partial charge in [0.15, 0.2) is 0 Å². The minimum Gasteiger partial charge on any atom is -0.331 e. The molecule has 24 heavy (non-hydrogen) atoms. The number of hydrogen-bond acceptors (Lipinski definition) is 3. The SMILES string of the molecule is CCC(NC(=O)Nc1c(C)nn(C(C)C)c1C)c1cnn(CC)c1. The van der Waals surface area contributed by atoms with Gasteiger partial charge in [-0.15, -0.1) is 0 Å². The van der Waals surface area contributed by atoms with Crippen molar-refractivity contribution in [3.63, 3.8) is 0 Å². The summed E-state index contributed by atoms with van der Waals surface area (Å²) >= 11 is 0. The van der Waals surface area contributed by atoms with E-state index in [0.717, 1.165) is 35.6 Å². The van der Waals surface area contributed by atoms with E-state index < -0.39 is 0 Å². The standard InChI is InChI=1S/C17H28N6O/c1-7-15(14-9-18-22(8-2)10-14)19-17(24)20-16-12(5)21-23(11(3)4)13(16)6/h9-11,15H,7-8H2,1-6H3,(H2,19,20,24). The van der Waals surface area contributed by atoms with E-state index in [1.54, 1.807) is 0 Å². The topological polar surface area (TPSA) is 76.8 Å². The summed E-state index contributed by atoms with van der Waals surface area (Å²) in [5.41, 5.74) is 3.58. The Morgan fingerprint density at radius 2 is 2.00 bits per heavy atom. The minimum absolute atomic E-state index is 0.0638. The number of hydrogen-bond donors (Lipinski definition) is 2. The molecule has 0 saturated heterocycles. The molecule has 0 saturated carbocycles. The van der Waals surface area contributed by atoms with Crippen LogP contribution in [0, 0.1) is 13.8 Å². The summed E-state index contributed by atoms with van der Waals surface area (Å²) in [4.78, 5) is 12.4. The highest BCUT2D eigenvalue weighted by Gasteiger charge is 2.18. The fourth-order valence-electron chi connectivity index (χ4n) is 2.81. The fourth-order valence-corrected chi connectivity index (χ4v) is 2.81. The molecule has 2 aromatic rings. The van der Waals surface area contributed by atoms with Gasteiger partial charge in [-0.3, -0.25) is 9.36 Å². The van der Waals surface area contributed by atoms with E-state index >= 15 is 0 Å². The lowest BCUT2D eigenvalue weighted by Crippen LogP contribution is -2.32. The lowest BCUT2D eigenvalue weighted by molar-refractivity contribution is 0.248. The zero-order chi connectivity index (χ0) is 17.9. The second kappa shape index (κ2) is 7.51. The summed E-state index contributed by atoms with van der Waals surface area (Å²) in [5.74, 6) is 0. The van der Waals surface area contributed by atoms with Crippen LogP contribution in [0.1, 0.15) is 63.2 Å². The van der Waals surface area contributed by atoms with Crippen LogP contribution in [0.5, 0.6) is 0 Å². The molecule has 7 nitrogen and oxygen atoms in total. The maximum atomic E-state index is 12.4. The molecule has 0 aliphatic rings. The second-order valence-electron chi connectivity index (χ2n) is 6.27. The van der Waals surface area contributed by atoms with Crippen LogP contribution in [0.15, 0.2) is 12.4 Å². The van der Waals surface area contributed by atoms with Crippen LogP contribution in [-0.4, -0.2) is 25.6 Å². The van der Waals surface area contributed by atoms with E-state index in [0.29, 0.717) is 0 Å². The van der Waals surface area contributed by atoms with Crippen molar-refractivity contribution in [2.45, 2.75) is 66.6 Å². The van der Waals surface area contributed by atoms with Gasteiger partial charge in [0.2, 0.25) is 0 Å². The Bertz CT molecular complexity index is 700. The lowest BCUT2D eigenvalue weighted by atomic mass is 10.1. The van der Waals surface area contributed by atoms with Gasteiger partial charge in [0.05, 0.1) is 29.3 Å². The third-order valence-electron chi connectivity index (χ3n) is 4.15. The number of urea groups is 1. The summed E-state index contributed by atoms with van der Waals surface area (Å²) in [6, 6.07) is -0.0303. The van der Waals surface area contributed by atoms with Crippen LogP contribution >= 0.6 is 0 Å². The molecule has 0 fully saturated rings.